The van der Waals surface area contributed by atoms with Crippen LogP contribution in [-0.2, 0) is 9.47 Å². The quantitative estimate of drug-likeness (QED) is 0.833. The fraction of sp³-hybridized carbons (Fsp3) is 0.400. The highest BCUT2D eigenvalue weighted by atomic mass is 19.1. The van der Waals surface area contributed by atoms with Crippen molar-refractivity contribution >= 4 is 5.84 Å². The number of halogens is 1. The molecule has 1 aliphatic carbocycles. The summed E-state index contributed by atoms with van der Waals surface area (Å²) in [6, 6.07) is 9.98. The van der Waals surface area contributed by atoms with Crippen molar-refractivity contribution in [3.8, 4) is 12.1 Å². The van der Waals surface area contributed by atoms with Gasteiger partial charge in [0.1, 0.15) is 17.1 Å². The summed E-state index contributed by atoms with van der Waals surface area (Å²) in [5.74, 6) is -2.46. The second-order valence-electron chi connectivity index (χ2n) is 5.60. The summed E-state index contributed by atoms with van der Waals surface area (Å²) in [5.41, 5.74) is 3.98. The topological polar surface area (TPSA) is 104 Å². The molecule has 22 heavy (non-hydrogen) atoms. The second-order valence-corrected chi connectivity index (χ2v) is 5.60. The maximum absolute atomic E-state index is 13.2. The smallest absolute Gasteiger partial charge is 0.293 e. The molecule has 0 bridgehead atoms. The van der Waals surface area contributed by atoms with Crippen LogP contribution in [0.25, 0.3) is 0 Å². The van der Waals surface area contributed by atoms with E-state index in [0.29, 0.717) is 5.56 Å². The van der Waals surface area contributed by atoms with E-state index in [9.17, 15) is 14.9 Å². The van der Waals surface area contributed by atoms with Crippen molar-refractivity contribution in [2.75, 3.05) is 13.2 Å². The zero-order chi connectivity index (χ0) is 15.6. The zero-order valence-corrected chi connectivity index (χ0v) is 11.4. The van der Waals surface area contributed by atoms with E-state index >= 15 is 0 Å². The first-order valence-corrected chi connectivity index (χ1v) is 6.80. The summed E-state index contributed by atoms with van der Waals surface area (Å²) in [5, 5.41) is 19.5. The molecule has 0 radical (unpaired) electrons. The van der Waals surface area contributed by atoms with Crippen molar-refractivity contribution in [3.63, 3.8) is 0 Å². The number of nitriles is 2. The molecule has 1 spiro atoms. The van der Waals surface area contributed by atoms with Gasteiger partial charge < -0.3 is 15.2 Å². The minimum absolute atomic E-state index is 0.0350. The van der Waals surface area contributed by atoms with Crippen LogP contribution in [0.4, 0.5) is 4.39 Å². The predicted molar refractivity (Wildman–Crippen MR) is 71.5 cm³/mol. The van der Waals surface area contributed by atoms with Crippen LogP contribution in [0.3, 0.4) is 0 Å². The van der Waals surface area contributed by atoms with Gasteiger partial charge in [0.15, 0.2) is 5.41 Å². The number of nitrogens with two attached hydrogens (primary N) is 1. The standard InChI is InChI=1S/C15H11FN4O2/c16-10-3-1-9(2-4-10)11-13(7-17)12(19)20-15(14(11,13)8-18)21-5-6-22-15/h1-4,11H,5-6H2,(H2,19,20)/t11-,13-,14-/m1/s1. The van der Waals surface area contributed by atoms with Crippen LogP contribution in [-0.4, -0.2) is 25.0 Å². The number of fused-ring (bicyclic) bond motifs is 2. The van der Waals surface area contributed by atoms with Gasteiger partial charge in [-0.05, 0) is 17.7 Å². The van der Waals surface area contributed by atoms with Crippen LogP contribution in [0.5, 0.6) is 0 Å². The maximum atomic E-state index is 13.2. The largest absolute Gasteiger partial charge is 0.386 e. The van der Waals surface area contributed by atoms with Crippen molar-refractivity contribution in [3.05, 3.63) is 35.6 Å². The molecular formula is C15H11FN4O2. The number of amidine groups is 1. The average molecular weight is 298 g/mol. The SMILES string of the molecule is N#C[C@@]12C(N)=NC3(OCCO3)[C@]1(C#N)[C@@H]2c1ccc(F)cc1. The van der Waals surface area contributed by atoms with E-state index in [1.807, 2.05) is 0 Å². The molecule has 0 amide bonds. The van der Waals surface area contributed by atoms with Gasteiger partial charge >= 0.3 is 0 Å². The Morgan fingerprint density at radius 1 is 1.18 bits per heavy atom. The van der Waals surface area contributed by atoms with Crippen molar-refractivity contribution in [2.45, 2.75) is 11.8 Å². The minimum Gasteiger partial charge on any atom is -0.386 e. The van der Waals surface area contributed by atoms with Gasteiger partial charge in [-0.3, -0.25) is 0 Å². The van der Waals surface area contributed by atoms with Gasteiger partial charge in [-0.1, -0.05) is 12.1 Å². The Labute approximate surface area is 125 Å². The van der Waals surface area contributed by atoms with Gasteiger partial charge in [0.2, 0.25) is 0 Å². The average Bonchev–Trinajstić information content (AvgIpc) is 2.77. The number of aliphatic imine (C=N–C) groups is 1. The molecule has 0 unspecified atom stereocenters. The monoisotopic (exact) mass is 298 g/mol. The van der Waals surface area contributed by atoms with Crippen LogP contribution < -0.4 is 5.73 Å². The number of benzene rings is 1. The normalized spacial score (nSPS) is 37.2. The van der Waals surface area contributed by atoms with Gasteiger partial charge in [-0.25, -0.2) is 9.38 Å². The number of ether oxygens (including phenoxy) is 2. The van der Waals surface area contributed by atoms with Crippen molar-refractivity contribution < 1.29 is 13.9 Å². The first-order valence-electron chi connectivity index (χ1n) is 6.80. The Hall–Kier alpha value is -2.48. The van der Waals surface area contributed by atoms with Gasteiger partial charge in [0.05, 0.1) is 25.4 Å². The second kappa shape index (κ2) is 3.83. The van der Waals surface area contributed by atoms with Crippen LogP contribution >= 0.6 is 0 Å². The lowest BCUT2D eigenvalue weighted by atomic mass is 9.94. The molecular weight excluding hydrogens is 287 g/mol. The molecule has 4 rings (SSSR count). The summed E-state index contributed by atoms with van der Waals surface area (Å²) in [4.78, 5) is 4.16. The molecule has 2 heterocycles. The molecule has 1 aromatic rings. The molecule has 1 saturated heterocycles. The summed E-state index contributed by atoms with van der Waals surface area (Å²) < 4.78 is 24.3. The van der Waals surface area contributed by atoms with E-state index in [-0.39, 0.29) is 19.0 Å². The van der Waals surface area contributed by atoms with E-state index < -0.39 is 28.5 Å². The molecule has 1 aromatic carbocycles. The molecule has 2 aliphatic heterocycles. The molecule has 0 aromatic heterocycles. The maximum Gasteiger partial charge on any atom is 0.293 e. The third kappa shape index (κ3) is 1.11. The fourth-order valence-electron chi connectivity index (χ4n) is 3.87. The van der Waals surface area contributed by atoms with E-state index in [4.69, 9.17) is 15.2 Å². The molecule has 3 atom stereocenters. The van der Waals surface area contributed by atoms with E-state index in [0.717, 1.165) is 0 Å². The van der Waals surface area contributed by atoms with Gasteiger partial charge in [-0.15, -0.1) is 0 Å². The minimum atomic E-state index is -1.54. The lowest BCUT2D eigenvalue weighted by Gasteiger charge is -2.25. The lowest BCUT2D eigenvalue weighted by Crippen LogP contribution is -2.38. The zero-order valence-electron chi connectivity index (χ0n) is 11.4. The van der Waals surface area contributed by atoms with E-state index in [2.05, 4.69) is 17.1 Å². The van der Waals surface area contributed by atoms with Gasteiger partial charge in [-0.2, -0.15) is 10.5 Å². The number of nitrogens with zero attached hydrogens (tertiary/aromatic N) is 3. The highest BCUT2D eigenvalue weighted by Crippen LogP contribution is 2.82. The van der Waals surface area contributed by atoms with E-state index in [1.54, 1.807) is 12.1 Å². The Balaban J connectivity index is 1.92. The Morgan fingerprint density at radius 2 is 1.82 bits per heavy atom. The van der Waals surface area contributed by atoms with Crippen LogP contribution in [0, 0.1) is 39.3 Å². The van der Waals surface area contributed by atoms with E-state index in [1.165, 1.54) is 12.1 Å². The summed E-state index contributed by atoms with van der Waals surface area (Å²) in [6.45, 7) is 0.551. The first kappa shape index (κ1) is 13.2. The van der Waals surface area contributed by atoms with Gasteiger partial charge in [0, 0.05) is 5.92 Å². The van der Waals surface area contributed by atoms with Crippen LogP contribution in [0.15, 0.2) is 29.3 Å². The van der Waals surface area contributed by atoms with Crippen molar-refractivity contribution in [1.29, 1.82) is 10.5 Å². The highest BCUT2D eigenvalue weighted by molar-refractivity contribution is 6.00. The molecule has 1 saturated carbocycles. The number of rotatable bonds is 1. The van der Waals surface area contributed by atoms with Crippen molar-refractivity contribution in [1.82, 2.24) is 0 Å². The Morgan fingerprint density at radius 3 is 2.36 bits per heavy atom. The Bertz CT molecular complexity index is 772. The summed E-state index contributed by atoms with van der Waals surface area (Å²) >= 11 is 0. The summed E-state index contributed by atoms with van der Waals surface area (Å²) in [6.07, 6.45) is 0. The highest BCUT2D eigenvalue weighted by Gasteiger charge is 2.94. The summed E-state index contributed by atoms with van der Waals surface area (Å²) in [7, 11) is 0. The third-order valence-electron chi connectivity index (χ3n) is 4.81. The molecule has 2 fully saturated rings. The molecule has 6 nitrogen and oxygen atoms in total. The number of hydrogen-bond donors (Lipinski definition) is 1. The third-order valence-corrected chi connectivity index (χ3v) is 4.81. The predicted octanol–water partition coefficient (Wildman–Crippen LogP) is 1.01. The fourth-order valence-corrected chi connectivity index (χ4v) is 3.87. The first-order chi connectivity index (χ1) is 10.6. The van der Waals surface area contributed by atoms with Crippen LogP contribution in [0.2, 0.25) is 0 Å². The molecule has 7 heteroatoms. The van der Waals surface area contributed by atoms with Gasteiger partial charge in [0.25, 0.3) is 5.91 Å². The number of hydrogen-bond acceptors (Lipinski definition) is 6. The molecule has 2 N–H and O–H groups in total. The van der Waals surface area contributed by atoms with Crippen molar-refractivity contribution in [2.24, 2.45) is 21.6 Å². The Kier molecular flexibility index (Phi) is 2.30. The molecule has 110 valence electrons. The lowest BCUT2D eigenvalue weighted by molar-refractivity contribution is -0.184. The molecule has 3 aliphatic rings. The van der Waals surface area contributed by atoms with Crippen LogP contribution in [0.1, 0.15) is 11.5 Å².